The van der Waals surface area contributed by atoms with E-state index in [9.17, 15) is 4.79 Å². The molecule has 0 radical (unpaired) electrons. The minimum atomic E-state index is -0.160. The standard InChI is InChI=1S/C16H15Cl2N5O/c1-23(2)8-12(24)21-16-14-11(6-7-19-16)20-15(22-14)13-9(17)4-3-5-10(13)18/h3-7H,8H2,1-2H3,(H,20,22)(H,19,21,24). The van der Waals surface area contributed by atoms with E-state index in [0.717, 1.165) is 0 Å². The van der Waals surface area contributed by atoms with Gasteiger partial charge in [-0.3, -0.25) is 4.79 Å². The van der Waals surface area contributed by atoms with Gasteiger partial charge >= 0.3 is 0 Å². The predicted molar refractivity (Wildman–Crippen MR) is 96.5 cm³/mol. The van der Waals surface area contributed by atoms with Gasteiger partial charge in [0, 0.05) is 6.20 Å². The summed E-state index contributed by atoms with van der Waals surface area (Å²) in [6.45, 7) is 0.259. The number of rotatable bonds is 4. The number of nitrogens with zero attached hydrogens (tertiary/aromatic N) is 3. The number of hydrogen-bond acceptors (Lipinski definition) is 4. The van der Waals surface area contributed by atoms with E-state index < -0.39 is 0 Å². The number of fused-ring (bicyclic) bond motifs is 1. The predicted octanol–water partition coefficient (Wildman–Crippen LogP) is 3.43. The summed E-state index contributed by atoms with van der Waals surface area (Å²) in [6.07, 6.45) is 1.59. The Morgan fingerprint density at radius 1 is 1.25 bits per heavy atom. The molecule has 2 aromatic heterocycles. The Morgan fingerprint density at radius 2 is 1.96 bits per heavy atom. The lowest BCUT2D eigenvalue weighted by molar-refractivity contribution is -0.116. The first-order chi connectivity index (χ1) is 11.5. The number of pyridine rings is 1. The van der Waals surface area contributed by atoms with Gasteiger partial charge in [-0.05, 0) is 32.3 Å². The molecule has 3 aromatic rings. The van der Waals surface area contributed by atoms with Crippen LogP contribution < -0.4 is 5.32 Å². The van der Waals surface area contributed by atoms with Crippen LogP contribution in [0.15, 0.2) is 30.5 Å². The molecule has 0 aliphatic rings. The average molecular weight is 364 g/mol. The number of imidazole rings is 1. The number of aromatic nitrogens is 3. The van der Waals surface area contributed by atoms with Gasteiger partial charge in [0.15, 0.2) is 5.82 Å². The van der Waals surface area contributed by atoms with Crippen molar-refractivity contribution < 1.29 is 4.79 Å². The minimum absolute atomic E-state index is 0.160. The summed E-state index contributed by atoms with van der Waals surface area (Å²) in [6, 6.07) is 7.01. The highest BCUT2D eigenvalue weighted by molar-refractivity contribution is 6.39. The third-order valence-electron chi connectivity index (χ3n) is 3.32. The third-order valence-corrected chi connectivity index (χ3v) is 3.95. The van der Waals surface area contributed by atoms with E-state index in [1.807, 2.05) is 14.1 Å². The Morgan fingerprint density at radius 3 is 2.62 bits per heavy atom. The number of likely N-dealkylation sites (N-methyl/N-ethyl adjacent to an activating group) is 1. The molecule has 124 valence electrons. The van der Waals surface area contributed by atoms with Crippen LogP contribution in [0.4, 0.5) is 5.82 Å². The van der Waals surface area contributed by atoms with Gasteiger partial charge in [-0.25, -0.2) is 9.97 Å². The summed E-state index contributed by atoms with van der Waals surface area (Å²) in [4.78, 5) is 25.6. The van der Waals surface area contributed by atoms with Crippen molar-refractivity contribution in [2.45, 2.75) is 0 Å². The van der Waals surface area contributed by atoms with E-state index in [1.54, 1.807) is 35.4 Å². The van der Waals surface area contributed by atoms with Gasteiger partial charge in [-0.2, -0.15) is 0 Å². The first-order valence-electron chi connectivity index (χ1n) is 7.19. The molecule has 3 rings (SSSR count). The molecule has 0 atom stereocenters. The largest absolute Gasteiger partial charge is 0.335 e. The van der Waals surface area contributed by atoms with Gasteiger partial charge in [0.1, 0.15) is 11.3 Å². The van der Waals surface area contributed by atoms with Crippen LogP contribution in [-0.4, -0.2) is 46.4 Å². The lowest BCUT2D eigenvalue weighted by Gasteiger charge is -2.09. The van der Waals surface area contributed by atoms with Crippen LogP contribution in [0.5, 0.6) is 0 Å². The average Bonchev–Trinajstić information content (AvgIpc) is 2.90. The van der Waals surface area contributed by atoms with E-state index >= 15 is 0 Å². The maximum absolute atomic E-state index is 12.0. The fourth-order valence-corrected chi connectivity index (χ4v) is 2.91. The first kappa shape index (κ1) is 16.7. The summed E-state index contributed by atoms with van der Waals surface area (Å²) in [7, 11) is 3.64. The number of aromatic amines is 1. The number of H-pyrrole nitrogens is 1. The van der Waals surface area contributed by atoms with Gasteiger partial charge in [-0.15, -0.1) is 0 Å². The number of carbonyl (C=O) groups is 1. The Bertz CT molecular complexity index is 886. The monoisotopic (exact) mass is 363 g/mol. The van der Waals surface area contributed by atoms with Gasteiger partial charge in [0.2, 0.25) is 5.91 Å². The van der Waals surface area contributed by atoms with Gasteiger partial charge in [-0.1, -0.05) is 29.3 Å². The van der Waals surface area contributed by atoms with Crippen molar-refractivity contribution in [2.24, 2.45) is 0 Å². The number of carbonyl (C=O) groups excluding carboxylic acids is 1. The fourth-order valence-electron chi connectivity index (χ4n) is 2.33. The van der Waals surface area contributed by atoms with Crippen molar-refractivity contribution in [1.82, 2.24) is 19.9 Å². The molecule has 24 heavy (non-hydrogen) atoms. The second-order valence-electron chi connectivity index (χ2n) is 5.52. The number of hydrogen-bond donors (Lipinski definition) is 2. The third kappa shape index (κ3) is 3.36. The number of benzene rings is 1. The maximum Gasteiger partial charge on any atom is 0.239 e. The summed E-state index contributed by atoms with van der Waals surface area (Å²) >= 11 is 12.5. The van der Waals surface area contributed by atoms with Crippen molar-refractivity contribution in [3.05, 3.63) is 40.5 Å². The molecule has 0 aliphatic carbocycles. The molecule has 2 heterocycles. The molecule has 0 fully saturated rings. The Kier molecular flexibility index (Phi) is 4.71. The Hall–Kier alpha value is -2.15. The number of halogens is 2. The summed E-state index contributed by atoms with van der Waals surface area (Å²) in [5.41, 5.74) is 1.90. The molecular formula is C16H15Cl2N5O. The van der Waals surface area contributed by atoms with Crippen LogP contribution in [-0.2, 0) is 4.79 Å². The zero-order valence-electron chi connectivity index (χ0n) is 13.1. The molecular weight excluding hydrogens is 349 g/mol. The van der Waals surface area contributed by atoms with Gasteiger partial charge in [0.25, 0.3) is 0 Å². The van der Waals surface area contributed by atoms with Crippen LogP contribution in [0, 0.1) is 0 Å². The van der Waals surface area contributed by atoms with Crippen LogP contribution in [0.3, 0.4) is 0 Å². The quantitative estimate of drug-likeness (QED) is 0.744. The lowest BCUT2D eigenvalue weighted by Crippen LogP contribution is -2.27. The van der Waals surface area contributed by atoms with Crippen LogP contribution >= 0.6 is 23.2 Å². The topological polar surface area (TPSA) is 73.9 Å². The smallest absolute Gasteiger partial charge is 0.239 e. The molecule has 0 spiro atoms. The highest BCUT2D eigenvalue weighted by Crippen LogP contribution is 2.34. The normalized spacial score (nSPS) is 11.2. The van der Waals surface area contributed by atoms with E-state index in [2.05, 4.69) is 20.3 Å². The van der Waals surface area contributed by atoms with Gasteiger partial charge < -0.3 is 15.2 Å². The second-order valence-corrected chi connectivity index (χ2v) is 6.34. The first-order valence-corrected chi connectivity index (χ1v) is 7.95. The van der Waals surface area contributed by atoms with Crippen molar-refractivity contribution in [2.75, 3.05) is 26.0 Å². The molecule has 1 amide bonds. The molecule has 0 bridgehead atoms. The van der Waals surface area contributed by atoms with Crippen molar-refractivity contribution >= 4 is 46.0 Å². The molecule has 2 N–H and O–H groups in total. The van der Waals surface area contributed by atoms with Crippen molar-refractivity contribution in [3.63, 3.8) is 0 Å². The Labute approximate surface area is 148 Å². The molecule has 0 aliphatic heterocycles. The molecule has 0 unspecified atom stereocenters. The SMILES string of the molecule is CN(C)CC(=O)Nc1nccc2nc(-c3c(Cl)cccc3Cl)[nH]c12. The highest BCUT2D eigenvalue weighted by Gasteiger charge is 2.16. The Balaban J connectivity index is 2.03. The van der Waals surface area contributed by atoms with E-state index in [0.29, 0.717) is 38.3 Å². The van der Waals surface area contributed by atoms with E-state index in [-0.39, 0.29) is 12.5 Å². The molecule has 0 saturated carbocycles. The van der Waals surface area contributed by atoms with Crippen molar-refractivity contribution in [3.8, 4) is 11.4 Å². The number of nitrogens with one attached hydrogen (secondary N) is 2. The molecule has 0 saturated heterocycles. The molecule has 6 nitrogen and oxygen atoms in total. The van der Waals surface area contributed by atoms with E-state index in [4.69, 9.17) is 23.2 Å². The molecule has 1 aromatic carbocycles. The molecule has 8 heteroatoms. The minimum Gasteiger partial charge on any atom is -0.335 e. The lowest BCUT2D eigenvalue weighted by atomic mass is 10.2. The number of amides is 1. The van der Waals surface area contributed by atoms with Crippen LogP contribution in [0.25, 0.3) is 22.4 Å². The van der Waals surface area contributed by atoms with E-state index in [1.165, 1.54) is 0 Å². The maximum atomic E-state index is 12.0. The summed E-state index contributed by atoms with van der Waals surface area (Å²) < 4.78 is 0. The number of anilines is 1. The zero-order chi connectivity index (χ0) is 17.3. The summed E-state index contributed by atoms with van der Waals surface area (Å²) in [5, 5.41) is 3.77. The van der Waals surface area contributed by atoms with Crippen LogP contribution in [0.2, 0.25) is 10.0 Å². The second kappa shape index (κ2) is 6.76. The zero-order valence-corrected chi connectivity index (χ0v) is 14.6. The van der Waals surface area contributed by atoms with Crippen molar-refractivity contribution in [1.29, 1.82) is 0 Å². The van der Waals surface area contributed by atoms with Gasteiger partial charge in [0.05, 0.1) is 27.7 Å². The van der Waals surface area contributed by atoms with Crippen LogP contribution in [0.1, 0.15) is 0 Å². The summed E-state index contributed by atoms with van der Waals surface area (Å²) in [5.74, 6) is 0.782. The highest BCUT2D eigenvalue weighted by atomic mass is 35.5. The fraction of sp³-hybridized carbons (Fsp3) is 0.188.